The summed E-state index contributed by atoms with van der Waals surface area (Å²) >= 11 is 1.76. The molecular weight excluding hydrogens is 280 g/mol. The highest BCUT2D eigenvalue weighted by Crippen LogP contribution is 2.25. The largest absolute Gasteiger partial charge is 0.376 e. The van der Waals surface area contributed by atoms with Gasteiger partial charge in [-0.15, -0.1) is 11.3 Å². The van der Waals surface area contributed by atoms with Crippen molar-refractivity contribution >= 4 is 27.1 Å². The molecule has 3 rings (SSSR count). The highest BCUT2D eigenvalue weighted by Gasteiger charge is 2.06. The molecule has 3 aromatic rings. The molecule has 4 heteroatoms. The number of fused-ring (bicyclic) bond motifs is 1. The standard InChI is InChI=1S/C17H18N2OS/c1-3-12-9-15(17(20)19-11(12)2)18-10-14-8-13-6-4-5-7-16(13)21-14/h4-9,18H,3,10H2,1-2H3,(H,19,20). The second kappa shape index (κ2) is 5.74. The van der Waals surface area contributed by atoms with Crippen molar-refractivity contribution < 1.29 is 0 Å². The molecule has 3 nitrogen and oxygen atoms in total. The Kier molecular flexibility index (Phi) is 3.80. The number of aromatic nitrogens is 1. The van der Waals surface area contributed by atoms with Gasteiger partial charge in [0.25, 0.3) is 5.56 Å². The van der Waals surface area contributed by atoms with Gasteiger partial charge in [-0.3, -0.25) is 4.79 Å². The van der Waals surface area contributed by atoms with Crippen LogP contribution in [-0.2, 0) is 13.0 Å². The molecule has 2 N–H and O–H groups in total. The molecule has 0 spiro atoms. The van der Waals surface area contributed by atoms with Gasteiger partial charge < -0.3 is 10.3 Å². The molecule has 0 aliphatic carbocycles. The van der Waals surface area contributed by atoms with Crippen molar-refractivity contribution in [1.29, 1.82) is 0 Å². The molecule has 2 heterocycles. The molecule has 0 fully saturated rings. The Hall–Kier alpha value is -2.07. The molecule has 0 radical (unpaired) electrons. The van der Waals surface area contributed by atoms with E-state index in [9.17, 15) is 4.79 Å². The van der Waals surface area contributed by atoms with Crippen molar-refractivity contribution in [2.24, 2.45) is 0 Å². The van der Waals surface area contributed by atoms with Gasteiger partial charge in [-0.1, -0.05) is 25.1 Å². The zero-order valence-electron chi connectivity index (χ0n) is 12.2. The fourth-order valence-corrected chi connectivity index (χ4v) is 3.47. The lowest BCUT2D eigenvalue weighted by molar-refractivity contribution is 1.02. The molecule has 0 amide bonds. The second-order valence-corrected chi connectivity index (χ2v) is 6.29. The lowest BCUT2D eigenvalue weighted by atomic mass is 10.1. The summed E-state index contributed by atoms with van der Waals surface area (Å²) in [6.45, 7) is 4.71. The summed E-state index contributed by atoms with van der Waals surface area (Å²) in [5, 5.41) is 4.51. The van der Waals surface area contributed by atoms with Gasteiger partial charge in [-0.05, 0) is 42.5 Å². The molecule has 0 aliphatic rings. The van der Waals surface area contributed by atoms with Gasteiger partial charge in [0.1, 0.15) is 5.69 Å². The fourth-order valence-electron chi connectivity index (χ4n) is 2.47. The van der Waals surface area contributed by atoms with Crippen LogP contribution >= 0.6 is 11.3 Å². The minimum atomic E-state index is -0.0502. The Bertz CT molecular complexity index is 799. The monoisotopic (exact) mass is 298 g/mol. The van der Waals surface area contributed by atoms with Gasteiger partial charge in [0, 0.05) is 21.8 Å². The van der Waals surface area contributed by atoms with Gasteiger partial charge in [0.15, 0.2) is 0 Å². The van der Waals surface area contributed by atoms with Crippen LogP contribution in [0.3, 0.4) is 0 Å². The second-order valence-electron chi connectivity index (χ2n) is 5.12. The van der Waals surface area contributed by atoms with Crippen LogP contribution in [0.15, 0.2) is 41.2 Å². The maximum absolute atomic E-state index is 12.0. The Labute approximate surface area is 127 Å². The summed E-state index contributed by atoms with van der Waals surface area (Å²) in [6.07, 6.45) is 0.917. The third-order valence-corrected chi connectivity index (χ3v) is 4.77. The van der Waals surface area contributed by atoms with Gasteiger partial charge in [0.2, 0.25) is 0 Å². The van der Waals surface area contributed by atoms with Crippen molar-refractivity contribution in [2.75, 3.05) is 5.32 Å². The summed E-state index contributed by atoms with van der Waals surface area (Å²) in [5.41, 5.74) is 2.73. The Morgan fingerprint density at radius 1 is 1.24 bits per heavy atom. The molecule has 0 atom stereocenters. The predicted molar refractivity (Wildman–Crippen MR) is 90.3 cm³/mol. The normalized spacial score (nSPS) is 11.0. The molecule has 0 aliphatic heterocycles. The van der Waals surface area contributed by atoms with Crippen LogP contribution in [0.2, 0.25) is 0 Å². The summed E-state index contributed by atoms with van der Waals surface area (Å²) in [7, 11) is 0. The van der Waals surface area contributed by atoms with E-state index >= 15 is 0 Å². The summed E-state index contributed by atoms with van der Waals surface area (Å²) in [4.78, 5) is 16.1. The lowest BCUT2D eigenvalue weighted by Gasteiger charge is -2.08. The first kappa shape index (κ1) is 13.9. The lowest BCUT2D eigenvalue weighted by Crippen LogP contribution is -2.16. The van der Waals surface area contributed by atoms with Crippen molar-refractivity contribution in [3.8, 4) is 0 Å². The molecule has 2 aromatic heterocycles. The molecule has 0 bridgehead atoms. The van der Waals surface area contributed by atoms with Crippen LogP contribution in [-0.4, -0.2) is 4.98 Å². The van der Waals surface area contributed by atoms with Crippen molar-refractivity contribution in [2.45, 2.75) is 26.8 Å². The number of thiophene rings is 1. The average Bonchev–Trinajstić information content (AvgIpc) is 2.89. The minimum Gasteiger partial charge on any atom is -0.376 e. The first-order valence-electron chi connectivity index (χ1n) is 7.11. The van der Waals surface area contributed by atoms with Gasteiger partial charge in [0.05, 0.1) is 0 Å². The Morgan fingerprint density at radius 2 is 2.05 bits per heavy atom. The molecule has 0 saturated carbocycles. The van der Waals surface area contributed by atoms with Crippen molar-refractivity contribution in [3.63, 3.8) is 0 Å². The number of aryl methyl sites for hydroxylation is 2. The number of H-pyrrole nitrogens is 1. The van der Waals surface area contributed by atoms with Crippen LogP contribution in [0.1, 0.15) is 23.1 Å². The summed E-state index contributed by atoms with van der Waals surface area (Å²) < 4.78 is 1.28. The van der Waals surface area contributed by atoms with E-state index in [-0.39, 0.29) is 5.56 Å². The quantitative estimate of drug-likeness (QED) is 0.762. The Morgan fingerprint density at radius 3 is 2.81 bits per heavy atom. The highest BCUT2D eigenvalue weighted by atomic mass is 32.1. The van der Waals surface area contributed by atoms with E-state index in [0.29, 0.717) is 12.2 Å². The number of pyridine rings is 1. The topological polar surface area (TPSA) is 44.9 Å². The first-order chi connectivity index (χ1) is 10.2. The van der Waals surface area contributed by atoms with Crippen LogP contribution in [0.4, 0.5) is 5.69 Å². The third-order valence-electron chi connectivity index (χ3n) is 3.66. The van der Waals surface area contributed by atoms with Crippen LogP contribution in [0, 0.1) is 6.92 Å². The average molecular weight is 298 g/mol. The molecule has 1 aromatic carbocycles. The van der Waals surface area contributed by atoms with Gasteiger partial charge >= 0.3 is 0 Å². The zero-order chi connectivity index (χ0) is 14.8. The van der Waals surface area contributed by atoms with E-state index in [1.54, 1.807) is 11.3 Å². The van der Waals surface area contributed by atoms with Gasteiger partial charge in [-0.2, -0.15) is 0 Å². The summed E-state index contributed by atoms with van der Waals surface area (Å²) in [5.74, 6) is 0. The minimum absolute atomic E-state index is 0.0502. The number of anilines is 1. The number of aromatic amines is 1. The van der Waals surface area contributed by atoms with Crippen molar-refractivity contribution in [1.82, 2.24) is 4.98 Å². The molecule has 108 valence electrons. The number of rotatable bonds is 4. The van der Waals surface area contributed by atoms with E-state index in [2.05, 4.69) is 35.4 Å². The smallest absolute Gasteiger partial charge is 0.271 e. The predicted octanol–water partition coefficient (Wildman–Crippen LogP) is 4.07. The SMILES string of the molecule is CCc1cc(NCc2cc3ccccc3s2)c(=O)[nH]c1C. The van der Waals surface area contributed by atoms with E-state index in [1.807, 2.05) is 25.1 Å². The van der Waals surface area contributed by atoms with E-state index in [4.69, 9.17) is 0 Å². The number of hydrogen-bond donors (Lipinski definition) is 2. The summed E-state index contributed by atoms with van der Waals surface area (Å²) in [6, 6.07) is 12.5. The molecule has 0 saturated heterocycles. The van der Waals surface area contributed by atoms with Crippen LogP contribution in [0.25, 0.3) is 10.1 Å². The number of nitrogens with one attached hydrogen (secondary N) is 2. The maximum atomic E-state index is 12.0. The van der Waals surface area contributed by atoms with E-state index < -0.39 is 0 Å². The van der Waals surface area contributed by atoms with Crippen LogP contribution < -0.4 is 10.9 Å². The number of benzene rings is 1. The van der Waals surface area contributed by atoms with E-state index in [1.165, 1.54) is 20.5 Å². The molecular formula is C17H18N2OS. The zero-order valence-corrected chi connectivity index (χ0v) is 13.0. The molecule has 0 unspecified atom stereocenters. The maximum Gasteiger partial charge on any atom is 0.271 e. The number of hydrogen-bond acceptors (Lipinski definition) is 3. The Balaban J connectivity index is 1.82. The molecule has 21 heavy (non-hydrogen) atoms. The fraction of sp³-hybridized carbons (Fsp3) is 0.235. The first-order valence-corrected chi connectivity index (χ1v) is 7.93. The third kappa shape index (κ3) is 2.85. The van der Waals surface area contributed by atoms with Gasteiger partial charge in [-0.25, -0.2) is 0 Å². The highest BCUT2D eigenvalue weighted by molar-refractivity contribution is 7.19. The van der Waals surface area contributed by atoms with Crippen LogP contribution in [0.5, 0.6) is 0 Å². The van der Waals surface area contributed by atoms with Crippen molar-refractivity contribution in [3.05, 3.63) is 62.9 Å². The van der Waals surface area contributed by atoms with E-state index in [0.717, 1.165) is 12.1 Å².